The summed E-state index contributed by atoms with van der Waals surface area (Å²) in [6.07, 6.45) is 5.30. The second-order valence-electron chi connectivity index (χ2n) is 5.93. The quantitative estimate of drug-likeness (QED) is 0.868. The highest BCUT2D eigenvalue weighted by atomic mass is 35.5. The smallest absolute Gasteiger partial charge is 0.0406 e. The minimum atomic E-state index is 0.662. The van der Waals surface area contributed by atoms with Crippen LogP contribution in [0.25, 0.3) is 0 Å². The summed E-state index contributed by atoms with van der Waals surface area (Å²) in [6, 6.07) is 9.12. The van der Waals surface area contributed by atoms with E-state index in [0.29, 0.717) is 5.92 Å². The molecule has 0 saturated carbocycles. The monoisotopic (exact) mass is 278 g/mol. The summed E-state index contributed by atoms with van der Waals surface area (Å²) < 4.78 is 0. The minimum Gasteiger partial charge on any atom is -0.317 e. The van der Waals surface area contributed by atoms with E-state index in [-0.39, 0.29) is 0 Å². The fourth-order valence-corrected chi connectivity index (χ4v) is 3.67. The van der Waals surface area contributed by atoms with Crippen LogP contribution in [-0.4, -0.2) is 25.7 Å². The molecule has 2 atom stereocenters. The fourth-order valence-electron chi connectivity index (χ4n) is 3.55. The molecule has 0 aromatic heterocycles. The topological polar surface area (TPSA) is 24.1 Å². The van der Waals surface area contributed by atoms with Gasteiger partial charge in [-0.05, 0) is 68.3 Å². The van der Waals surface area contributed by atoms with Crippen LogP contribution in [-0.2, 0) is 0 Å². The number of hydrogen-bond acceptors (Lipinski definition) is 2. The Balaban J connectivity index is 1.55. The summed E-state index contributed by atoms with van der Waals surface area (Å²) in [4.78, 5) is 0. The largest absolute Gasteiger partial charge is 0.317 e. The lowest BCUT2D eigenvalue weighted by molar-refractivity contribution is 0.232. The number of rotatable bonds is 2. The van der Waals surface area contributed by atoms with Crippen LogP contribution in [0.5, 0.6) is 0 Å². The maximum absolute atomic E-state index is 5.95. The van der Waals surface area contributed by atoms with Gasteiger partial charge in [0.1, 0.15) is 0 Å². The molecule has 104 valence electrons. The zero-order chi connectivity index (χ0) is 13.1. The molecule has 1 aromatic rings. The van der Waals surface area contributed by atoms with Crippen molar-refractivity contribution in [1.29, 1.82) is 0 Å². The van der Waals surface area contributed by atoms with Gasteiger partial charge < -0.3 is 10.6 Å². The number of hydrogen-bond donors (Lipinski definition) is 2. The van der Waals surface area contributed by atoms with E-state index in [2.05, 4.69) is 22.8 Å². The molecule has 3 rings (SSSR count). The lowest BCUT2D eigenvalue weighted by atomic mass is 9.81. The Morgan fingerprint density at radius 2 is 1.68 bits per heavy atom. The van der Waals surface area contributed by atoms with Crippen molar-refractivity contribution in [1.82, 2.24) is 10.6 Å². The van der Waals surface area contributed by atoms with Crippen LogP contribution in [0, 0.1) is 5.92 Å². The Labute approximate surface area is 120 Å². The van der Waals surface area contributed by atoms with Crippen molar-refractivity contribution in [2.75, 3.05) is 19.6 Å². The van der Waals surface area contributed by atoms with Gasteiger partial charge in [0.05, 0.1) is 0 Å². The third-order valence-electron chi connectivity index (χ3n) is 4.75. The zero-order valence-electron chi connectivity index (χ0n) is 11.4. The molecule has 2 N–H and O–H groups in total. The molecule has 2 aliphatic rings. The Morgan fingerprint density at radius 3 is 2.32 bits per heavy atom. The van der Waals surface area contributed by atoms with Crippen molar-refractivity contribution in [2.45, 2.75) is 37.6 Å². The first-order chi connectivity index (χ1) is 9.33. The average molecular weight is 279 g/mol. The first-order valence-electron chi connectivity index (χ1n) is 7.52. The first kappa shape index (κ1) is 13.4. The Morgan fingerprint density at radius 1 is 0.947 bits per heavy atom. The fraction of sp³-hybridized carbons (Fsp3) is 0.625. The number of nitrogens with one attached hydrogen (secondary N) is 2. The summed E-state index contributed by atoms with van der Waals surface area (Å²) in [6.45, 7) is 3.52. The van der Waals surface area contributed by atoms with Gasteiger partial charge in [-0.3, -0.25) is 0 Å². The van der Waals surface area contributed by atoms with E-state index in [4.69, 9.17) is 11.6 Å². The van der Waals surface area contributed by atoms with Crippen LogP contribution in [0.15, 0.2) is 24.3 Å². The van der Waals surface area contributed by atoms with Crippen molar-refractivity contribution in [3.05, 3.63) is 34.9 Å². The van der Waals surface area contributed by atoms with Crippen LogP contribution < -0.4 is 10.6 Å². The van der Waals surface area contributed by atoms with Crippen LogP contribution in [0.4, 0.5) is 0 Å². The van der Waals surface area contributed by atoms with Gasteiger partial charge in [0.15, 0.2) is 0 Å². The van der Waals surface area contributed by atoms with Crippen molar-refractivity contribution >= 4 is 11.6 Å². The zero-order valence-corrected chi connectivity index (χ0v) is 12.1. The molecule has 2 nitrogen and oxygen atoms in total. The second kappa shape index (κ2) is 6.25. The van der Waals surface area contributed by atoms with Gasteiger partial charge in [-0.1, -0.05) is 23.7 Å². The Kier molecular flexibility index (Phi) is 4.42. The van der Waals surface area contributed by atoms with Crippen molar-refractivity contribution in [3.8, 4) is 0 Å². The van der Waals surface area contributed by atoms with Gasteiger partial charge in [0, 0.05) is 17.6 Å². The van der Waals surface area contributed by atoms with E-state index in [1.54, 1.807) is 0 Å². The summed E-state index contributed by atoms with van der Waals surface area (Å²) >= 11 is 5.95. The molecule has 0 radical (unpaired) electrons. The molecular weight excluding hydrogens is 256 g/mol. The summed E-state index contributed by atoms with van der Waals surface area (Å²) in [5.41, 5.74) is 1.43. The number of benzene rings is 1. The first-order valence-corrected chi connectivity index (χ1v) is 7.90. The summed E-state index contributed by atoms with van der Waals surface area (Å²) in [5, 5.41) is 8.08. The number of halogens is 1. The van der Waals surface area contributed by atoms with E-state index in [1.807, 2.05) is 12.1 Å². The molecule has 19 heavy (non-hydrogen) atoms. The third-order valence-corrected chi connectivity index (χ3v) is 5.00. The van der Waals surface area contributed by atoms with E-state index in [9.17, 15) is 0 Å². The minimum absolute atomic E-state index is 0.662. The molecule has 2 fully saturated rings. The molecule has 2 saturated heterocycles. The van der Waals surface area contributed by atoms with Gasteiger partial charge in [0.2, 0.25) is 0 Å². The average Bonchev–Trinajstić information content (AvgIpc) is 2.49. The molecule has 2 unspecified atom stereocenters. The highest BCUT2D eigenvalue weighted by molar-refractivity contribution is 6.30. The molecule has 2 aliphatic heterocycles. The second-order valence-corrected chi connectivity index (χ2v) is 6.36. The van der Waals surface area contributed by atoms with Crippen LogP contribution >= 0.6 is 11.6 Å². The van der Waals surface area contributed by atoms with Crippen molar-refractivity contribution in [2.24, 2.45) is 5.92 Å². The molecular formula is C16H23ClN2. The Hall–Kier alpha value is -0.570. The van der Waals surface area contributed by atoms with Crippen LogP contribution in [0.2, 0.25) is 5.02 Å². The predicted molar refractivity (Wildman–Crippen MR) is 80.8 cm³/mol. The Bertz CT molecular complexity index is 390. The lowest BCUT2D eigenvalue weighted by Crippen LogP contribution is -2.46. The van der Waals surface area contributed by atoms with Crippen LogP contribution in [0.1, 0.15) is 37.2 Å². The van der Waals surface area contributed by atoms with Gasteiger partial charge >= 0.3 is 0 Å². The molecule has 2 heterocycles. The molecule has 0 amide bonds. The number of piperidine rings is 2. The predicted octanol–water partition coefficient (Wildman–Crippen LogP) is 3.18. The van der Waals surface area contributed by atoms with Crippen molar-refractivity contribution < 1.29 is 0 Å². The molecule has 1 aromatic carbocycles. The van der Waals surface area contributed by atoms with Gasteiger partial charge in [-0.25, -0.2) is 0 Å². The molecule has 0 aliphatic carbocycles. The lowest BCUT2D eigenvalue weighted by Gasteiger charge is -2.37. The maximum atomic E-state index is 5.95. The van der Waals surface area contributed by atoms with E-state index >= 15 is 0 Å². The maximum Gasteiger partial charge on any atom is 0.0406 e. The van der Waals surface area contributed by atoms with E-state index < -0.39 is 0 Å². The highest BCUT2D eigenvalue weighted by Crippen LogP contribution is 2.30. The third kappa shape index (κ3) is 3.31. The molecule has 3 heteroatoms. The summed E-state index contributed by atoms with van der Waals surface area (Å²) in [7, 11) is 0. The van der Waals surface area contributed by atoms with Gasteiger partial charge in [0.25, 0.3) is 0 Å². The van der Waals surface area contributed by atoms with Crippen molar-refractivity contribution in [3.63, 3.8) is 0 Å². The molecule has 0 bridgehead atoms. The van der Waals surface area contributed by atoms with E-state index in [1.165, 1.54) is 44.3 Å². The van der Waals surface area contributed by atoms with Gasteiger partial charge in [-0.15, -0.1) is 0 Å². The normalized spacial score (nSPS) is 29.3. The SMILES string of the molecule is Clc1ccc(C2CCC(C3CCNCC3)NC2)cc1. The van der Waals surface area contributed by atoms with E-state index in [0.717, 1.165) is 23.5 Å². The van der Waals surface area contributed by atoms with Crippen LogP contribution in [0.3, 0.4) is 0 Å². The van der Waals surface area contributed by atoms with Gasteiger partial charge in [-0.2, -0.15) is 0 Å². The summed E-state index contributed by atoms with van der Waals surface area (Å²) in [5.74, 6) is 1.54. The molecule has 0 spiro atoms. The standard InChI is InChI=1S/C16H23ClN2/c17-15-4-1-12(2-5-15)14-3-6-16(19-11-14)13-7-9-18-10-8-13/h1-2,4-5,13-14,16,18-19H,3,6-11H2. The highest BCUT2D eigenvalue weighted by Gasteiger charge is 2.28.